The molecule has 0 aliphatic carbocycles. The number of carbonyl (C=O) groups excluding carboxylic acids is 1. The average molecular weight is 295 g/mol. The lowest BCUT2D eigenvalue weighted by molar-refractivity contribution is -0.145. The van der Waals surface area contributed by atoms with Crippen LogP contribution in [0.3, 0.4) is 0 Å². The molecule has 1 aromatic heterocycles. The minimum Gasteiger partial charge on any atom is -0.463 e. The number of benzene rings is 1. The Labute approximate surface area is 121 Å². The zero-order valence-electron chi connectivity index (χ0n) is 11.3. The number of halogens is 1. The van der Waals surface area contributed by atoms with Crippen LogP contribution in [0.2, 0.25) is 5.02 Å². The monoisotopic (exact) mass is 294 g/mol. The molecule has 0 fully saturated rings. The number of hydrogen-bond donors (Lipinski definition) is 0. The van der Waals surface area contributed by atoms with Gasteiger partial charge in [-0.05, 0) is 36.4 Å². The van der Waals surface area contributed by atoms with E-state index in [4.69, 9.17) is 16.3 Å². The third-order valence-electron chi connectivity index (χ3n) is 2.66. The van der Waals surface area contributed by atoms with Gasteiger partial charge in [-0.2, -0.15) is 4.80 Å². The molecule has 0 unspecified atom stereocenters. The third kappa shape index (κ3) is 4.03. The fraction of sp³-hybridized carbons (Fsp3) is 0.385. The summed E-state index contributed by atoms with van der Waals surface area (Å²) in [7, 11) is 0. The van der Waals surface area contributed by atoms with Crippen LogP contribution >= 0.6 is 11.6 Å². The summed E-state index contributed by atoms with van der Waals surface area (Å²) >= 11 is 5.83. The highest BCUT2D eigenvalue weighted by atomic mass is 35.5. The van der Waals surface area contributed by atoms with E-state index in [1.807, 2.05) is 19.1 Å². The van der Waals surface area contributed by atoms with Crippen LogP contribution in [0, 0.1) is 0 Å². The lowest BCUT2D eigenvalue weighted by Crippen LogP contribution is -2.16. The van der Waals surface area contributed by atoms with Gasteiger partial charge in [-0.3, -0.25) is 4.79 Å². The topological polar surface area (TPSA) is 69.9 Å². The van der Waals surface area contributed by atoms with Gasteiger partial charge in [0.05, 0.1) is 6.54 Å². The SMILES string of the molecule is CC(=O)O[C@H](C)CCn1nnc(-c2ccc(Cl)cc2)n1. The van der Waals surface area contributed by atoms with Gasteiger partial charge in [0, 0.05) is 23.9 Å². The van der Waals surface area contributed by atoms with Crippen molar-refractivity contribution >= 4 is 17.6 Å². The Morgan fingerprint density at radius 3 is 2.75 bits per heavy atom. The van der Waals surface area contributed by atoms with Crippen molar-refractivity contribution in [1.29, 1.82) is 0 Å². The minimum atomic E-state index is -0.286. The molecule has 2 aromatic rings. The average Bonchev–Trinajstić information content (AvgIpc) is 2.85. The lowest BCUT2D eigenvalue weighted by Gasteiger charge is -2.10. The first-order chi connectivity index (χ1) is 9.54. The Morgan fingerprint density at radius 1 is 1.40 bits per heavy atom. The smallest absolute Gasteiger partial charge is 0.302 e. The number of nitrogens with zero attached hydrogens (tertiary/aromatic N) is 4. The van der Waals surface area contributed by atoms with E-state index >= 15 is 0 Å². The fourth-order valence-electron chi connectivity index (χ4n) is 1.69. The number of aryl methyl sites for hydroxylation is 1. The molecule has 7 heteroatoms. The van der Waals surface area contributed by atoms with Gasteiger partial charge in [-0.15, -0.1) is 10.2 Å². The van der Waals surface area contributed by atoms with E-state index < -0.39 is 0 Å². The van der Waals surface area contributed by atoms with E-state index in [1.165, 1.54) is 11.7 Å². The third-order valence-corrected chi connectivity index (χ3v) is 2.91. The largest absolute Gasteiger partial charge is 0.463 e. The Kier molecular flexibility index (Phi) is 4.68. The maximum absolute atomic E-state index is 10.8. The van der Waals surface area contributed by atoms with Crippen LogP contribution in [0.4, 0.5) is 0 Å². The molecule has 0 amide bonds. The van der Waals surface area contributed by atoms with Gasteiger partial charge in [0.25, 0.3) is 0 Å². The molecular weight excluding hydrogens is 280 g/mol. The Bertz CT molecular complexity index is 582. The van der Waals surface area contributed by atoms with Gasteiger partial charge in [0.15, 0.2) is 0 Å². The molecule has 106 valence electrons. The summed E-state index contributed by atoms with van der Waals surface area (Å²) in [6, 6.07) is 7.23. The van der Waals surface area contributed by atoms with Crippen LogP contribution in [-0.2, 0) is 16.1 Å². The molecule has 0 aliphatic heterocycles. The number of rotatable bonds is 5. The molecule has 0 bridgehead atoms. The first-order valence-electron chi connectivity index (χ1n) is 6.25. The van der Waals surface area contributed by atoms with Gasteiger partial charge in [-0.25, -0.2) is 0 Å². The van der Waals surface area contributed by atoms with Crippen molar-refractivity contribution in [2.45, 2.75) is 32.9 Å². The quantitative estimate of drug-likeness (QED) is 0.792. The fourth-order valence-corrected chi connectivity index (χ4v) is 1.82. The van der Waals surface area contributed by atoms with Gasteiger partial charge in [0.1, 0.15) is 6.10 Å². The first-order valence-corrected chi connectivity index (χ1v) is 6.63. The molecule has 0 spiro atoms. The number of carbonyl (C=O) groups is 1. The molecule has 0 N–H and O–H groups in total. The van der Waals surface area contributed by atoms with Crippen molar-refractivity contribution in [3.8, 4) is 11.4 Å². The second-order valence-electron chi connectivity index (χ2n) is 4.42. The molecule has 0 radical (unpaired) electrons. The van der Waals surface area contributed by atoms with Crippen LogP contribution < -0.4 is 0 Å². The summed E-state index contributed by atoms with van der Waals surface area (Å²) in [6.45, 7) is 3.76. The lowest BCUT2D eigenvalue weighted by atomic mass is 10.2. The second kappa shape index (κ2) is 6.47. The van der Waals surface area contributed by atoms with Crippen LogP contribution in [0.15, 0.2) is 24.3 Å². The number of aromatic nitrogens is 4. The van der Waals surface area contributed by atoms with Crippen LogP contribution in [0.25, 0.3) is 11.4 Å². The number of esters is 1. The summed E-state index contributed by atoms with van der Waals surface area (Å²) < 4.78 is 5.03. The predicted molar refractivity (Wildman–Crippen MR) is 74.1 cm³/mol. The van der Waals surface area contributed by atoms with E-state index in [9.17, 15) is 4.79 Å². The van der Waals surface area contributed by atoms with Crippen molar-refractivity contribution < 1.29 is 9.53 Å². The van der Waals surface area contributed by atoms with Crippen LogP contribution in [0.5, 0.6) is 0 Å². The zero-order valence-corrected chi connectivity index (χ0v) is 12.0. The van der Waals surface area contributed by atoms with Crippen molar-refractivity contribution in [3.63, 3.8) is 0 Å². The summed E-state index contributed by atoms with van der Waals surface area (Å²) in [5, 5.41) is 12.9. The van der Waals surface area contributed by atoms with Crippen molar-refractivity contribution in [3.05, 3.63) is 29.3 Å². The van der Waals surface area contributed by atoms with Gasteiger partial charge in [0.2, 0.25) is 5.82 Å². The van der Waals surface area contributed by atoms with Gasteiger partial charge in [-0.1, -0.05) is 11.6 Å². The van der Waals surface area contributed by atoms with Crippen molar-refractivity contribution in [2.24, 2.45) is 0 Å². The zero-order chi connectivity index (χ0) is 14.5. The molecule has 0 saturated carbocycles. The Balaban J connectivity index is 1.95. The molecule has 20 heavy (non-hydrogen) atoms. The normalized spacial score (nSPS) is 12.2. The highest BCUT2D eigenvalue weighted by Gasteiger charge is 2.09. The van der Waals surface area contributed by atoms with Crippen LogP contribution in [-0.4, -0.2) is 32.3 Å². The highest BCUT2D eigenvalue weighted by molar-refractivity contribution is 6.30. The van der Waals surface area contributed by atoms with E-state index in [2.05, 4.69) is 15.4 Å². The summed E-state index contributed by atoms with van der Waals surface area (Å²) in [5.41, 5.74) is 0.855. The first kappa shape index (κ1) is 14.5. The Morgan fingerprint density at radius 2 is 2.10 bits per heavy atom. The van der Waals surface area contributed by atoms with Gasteiger partial charge >= 0.3 is 5.97 Å². The molecule has 1 heterocycles. The summed E-state index contributed by atoms with van der Waals surface area (Å²) in [4.78, 5) is 12.3. The van der Waals surface area contributed by atoms with E-state index in [-0.39, 0.29) is 12.1 Å². The van der Waals surface area contributed by atoms with Crippen molar-refractivity contribution in [1.82, 2.24) is 20.2 Å². The molecule has 1 atom stereocenters. The van der Waals surface area contributed by atoms with E-state index in [0.717, 1.165) is 5.56 Å². The molecule has 0 aliphatic rings. The molecular formula is C13H15ClN4O2. The molecule has 2 rings (SSSR count). The number of ether oxygens (including phenoxy) is 1. The maximum atomic E-state index is 10.8. The van der Waals surface area contributed by atoms with Crippen molar-refractivity contribution in [2.75, 3.05) is 0 Å². The summed E-state index contributed by atoms with van der Waals surface area (Å²) in [5.74, 6) is 0.257. The Hall–Kier alpha value is -1.95. The highest BCUT2D eigenvalue weighted by Crippen LogP contribution is 2.17. The molecule has 1 aromatic carbocycles. The summed E-state index contributed by atoms with van der Waals surface area (Å²) in [6.07, 6.45) is 0.466. The second-order valence-corrected chi connectivity index (χ2v) is 4.86. The number of hydrogen-bond acceptors (Lipinski definition) is 5. The standard InChI is InChI=1S/C13H15ClN4O2/c1-9(20-10(2)19)7-8-18-16-13(15-17-18)11-3-5-12(14)6-4-11/h3-6,9H,7-8H2,1-2H3/t9-/m1/s1. The maximum Gasteiger partial charge on any atom is 0.302 e. The van der Waals surface area contributed by atoms with Crippen LogP contribution in [0.1, 0.15) is 20.3 Å². The molecule has 0 saturated heterocycles. The van der Waals surface area contributed by atoms with E-state index in [0.29, 0.717) is 23.8 Å². The van der Waals surface area contributed by atoms with Gasteiger partial charge < -0.3 is 4.74 Å². The number of tetrazole rings is 1. The minimum absolute atomic E-state index is 0.169. The molecule has 6 nitrogen and oxygen atoms in total. The predicted octanol–water partition coefficient (Wildman–Crippen LogP) is 2.34. The van der Waals surface area contributed by atoms with E-state index in [1.54, 1.807) is 12.1 Å².